The van der Waals surface area contributed by atoms with E-state index in [1.165, 1.54) is 6.42 Å². The van der Waals surface area contributed by atoms with Gasteiger partial charge in [0.05, 0.1) is 23.8 Å². The summed E-state index contributed by atoms with van der Waals surface area (Å²) in [6.07, 6.45) is 3.45. The summed E-state index contributed by atoms with van der Waals surface area (Å²) in [6, 6.07) is 13.3. The van der Waals surface area contributed by atoms with Gasteiger partial charge in [0.2, 0.25) is 0 Å². The molecule has 9 heteroatoms. The molecule has 2 aromatic rings. The first-order valence-corrected chi connectivity index (χ1v) is 12.1. The fraction of sp³-hybridized carbons (Fsp3) is 0.391. The van der Waals surface area contributed by atoms with Crippen LogP contribution in [0.3, 0.4) is 0 Å². The molecule has 5 nitrogen and oxygen atoms in total. The van der Waals surface area contributed by atoms with E-state index in [0.717, 1.165) is 41.7 Å². The summed E-state index contributed by atoms with van der Waals surface area (Å²) in [5.41, 5.74) is 5.53. The number of nitrogens with one attached hydrogen (secondary N) is 1. The van der Waals surface area contributed by atoms with Crippen molar-refractivity contribution in [2.75, 3.05) is 25.1 Å². The number of piperidine rings is 1. The number of benzene rings is 2. The Hall–Kier alpha value is -0.870. The van der Waals surface area contributed by atoms with Crippen molar-refractivity contribution < 1.29 is 33.4 Å². The molecule has 0 aliphatic carbocycles. The molecule has 1 saturated heterocycles. The van der Waals surface area contributed by atoms with Gasteiger partial charge in [0.1, 0.15) is 18.8 Å². The van der Waals surface area contributed by atoms with Gasteiger partial charge < -0.3 is 24.0 Å². The van der Waals surface area contributed by atoms with Crippen molar-refractivity contribution in [1.82, 2.24) is 5.43 Å². The van der Waals surface area contributed by atoms with Gasteiger partial charge in [-0.2, -0.15) is 10.5 Å². The standard InChI is InChI=1S/C23H25BrCl2N4O.HI/c1-15-21(23(31)28-30(2)12-4-3-5-13-30)27-29(20-11-10-18(25)14-19(20)26)22(15)16-6-8-17(24)9-7-16;/h6-11,14-15,22H,3-5,12-13H2,1-2H3;1H/t15-,22-;/m0./s1. The van der Waals surface area contributed by atoms with Crippen LogP contribution in [0.1, 0.15) is 37.8 Å². The van der Waals surface area contributed by atoms with Crippen LogP contribution in [-0.4, -0.2) is 36.3 Å². The molecule has 1 fully saturated rings. The lowest BCUT2D eigenvalue weighted by Crippen LogP contribution is -3.00. The quantitative estimate of drug-likeness (QED) is 0.409. The second kappa shape index (κ2) is 10.6. The van der Waals surface area contributed by atoms with E-state index in [1.54, 1.807) is 12.1 Å². The van der Waals surface area contributed by atoms with Crippen LogP contribution in [0.15, 0.2) is 52.0 Å². The molecule has 4 rings (SSSR count). The minimum atomic E-state index is -0.154. The van der Waals surface area contributed by atoms with Gasteiger partial charge >= 0.3 is 5.91 Å². The number of hydrogen-bond donors (Lipinski definition) is 1. The van der Waals surface area contributed by atoms with Crippen molar-refractivity contribution >= 4 is 56.4 Å². The summed E-state index contributed by atoms with van der Waals surface area (Å²) in [6.45, 7) is 3.93. The Morgan fingerprint density at radius 2 is 1.78 bits per heavy atom. The Labute approximate surface area is 224 Å². The van der Waals surface area contributed by atoms with E-state index >= 15 is 0 Å². The number of nitrogens with zero attached hydrogens (tertiary/aromatic N) is 3. The van der Waals surface area contributed by atoms with Crippen LogP contribution in [0.2, 0.25) is 10.0 Å². The summed E-state index contributed by atoms with van der Waals surface area (Å²) in [7, 11) is 2.08. The first kappa shape index (κ1) is 25.7. The highest BCUT2D eigenvalue weighted by Crippen LogP contribution is 2.42. The molecular weight excluding hydrogens is 626 g/mol. The average molecular weight is 652 g/mol. The molecule has 1 amide bonds. The molecule has 2 aliphatic heterocycles. The number of halogens is 4. The minimum absolute atomic E-state index is 0. The van der Waals surface area contributed by atoms with Gasteiger partial charge in [-0.15, -0.1) is 0 Å². The van der Waals surface area contributed by atoms with E-state index in [2.05, 4.69) is 40.5 Å². The van der Waals surface area contributed by atoms with Crippen molar-refractivity contribution in [2.24, 2.45) is 11.0 Å². The number of quaternary nitrogens is 1. The first-order valence-electron chi connectivity index (χ1n) is 10.5. The first-order chi connectivity index (χ1) is 14.8. The van der Waals surface area contributed by atoms with E-state index < -0.39 is 0 Å². The molecule has 0 spiro atoms. The average Bonchev–Trinajstić information content (AvgIpc) is 3.06. The molecular formula is C23H26BrCl2IN4O. The number of likely N-dealkylation sites (tertiary alicyclic amines) is 1. The zero-order chi connectivity index (χ0) is 22.2. The van der Waals surface area contributed by atoms with Crippen molar-refractivity contribution in [3.63, 3.8) is 0 Å². The maximum Gasteiger partial charge on any atom is 0.312 e. The number of anilines is 1. The predicted octanol–water partition coefficient (Wildman–Crippen LogP) is 2.98. The molecule has 172 valence electrons. The molecule has 0 aromatic heterocycles. The lowest BCUT2D eigenvalue weighted by atomic mass is 9.91. The van der Waals surface area contributed by atoms with E-state index in [1.807, 2.05) is 30.1 Å². The molecule has 0 unspecified atom stereocenters. The third-order valence-electron chi connectivity index (χ3n) is 6.16. The molecule has 2 atom stereocenters. The van der Waals surface area contributed by atoms with Gasteiger partial charge in [-0.05, 0) is 55.2 Å². The number of carbonyl (C=O) groups is 1. The van der Waals surface area contributed by atoms with E-state index in [4.69, 9.17) is 28.3 Å². The number of carbonyl (C=O) groups excluding carboxylic acids is 1. The van der Waals surface area contributed by atoms with Gasteiger partial charge in [-0.1, -0.05) is 58.2 Å². The van der Waals surface area contributed by atoms with E-state index in [-0.39, 0.29) is 41.8 Å². The fourth-order valence-corrected chi connectivity index (χ4v) is 5.23. The normalized spacial score (nSPS) is 22.2. The summed E-state index contributed by atoms with van der Waals surface area (Å²) >= 11 is 16.2. The lowest BCUT2D eigenvalue weighted by Gasteiger charge is -2.36. The topological polar surface area (TPSA) is 44.7 Å². The highest BCUT2D eigenvalue weighted by atomic mass is 127. The lowest BCUT2D eigenvalue weighted by molar-refractivity contribution is -0.947. The van der Waals surface area contributed by atoms with Crippen molar-refractivity contribution in [3.05, 3.63) is 62.5 Å². The molecule has 0 saturated carbocycles. The number of amides is 1. The van der Waals surface area contributed by atoms with Crippen LogP contribution in [0.4, 0.5) is 5.69 Å². The Morgan fingerprint density at radius 3 is 2.41 bits per heavy atom. The van der Waals surface area contributed by atoms with Crippen LogP contribution in [0, 0.1) is 5.92 Å². The Kier molecular flexibility index (Phi) is 8.52. The second-order valence-corrected chi connectivity index (χ2v) is 10.3. The van der Waals surface area contributed by atoms with Crippen molar-refractivity contribution in [2.45, 2.75) is 32.2 Å². The van der Waals surface area contributed by atoms with Crippen LogP contribution in [0.5, 0.6) is 0 Å². The van der Waals surface area contributed by atoms with Crippen molar-refractivity contribution in [3.8, 4) is 0 Å². The predicted molar refractivity (Wildman–Crippen MR) is 130 cm³/mol. The SMILES string of the molecule is C[C@H]1C(C(=O)N[N+]2(C)CCCCC2)=NN(c2ccc(Cl)cc2Cl)[C@@H]1c1ccc(Br)cc1.[I-]. The third-order valence-corrected chi connectivity index (χ3v) is 7.23. The van der Waals surface area contributed by atoms with Crippen LogP contribution in [-0.2, 0) is 4.79 Å². The van der Waals surface area contributed by atoms with Gasteiger partial charge in [-0.3, -0.25) is 9.80 Å². The highest BCUT2D eigenvalue weighted by Gasteiger charge is 2.42. The molecule has 1 N–H and O–H groups in total. The van der Waals surface area contributed by atoms with Gasteiger partial charge in [0, 0.05) is 15.4 Å². The van der Waals surface area contributed by atoms with Crippen LogP contribution < -0.4 is 34.4 Å². The maximum absolute atomic E-state index is 13.3. The Balaban J connectivity index is 0.00000289. The van der Waals surface area contributed by atoms with Crippen molar-refractivity contribution in [1.29, 1.82) is 0 Å². The highest BCUT2D eigenvalue weighted by molar-refractivity contribution is 9.10. The molecule has 2 aromatic carbocycles. The Bertz CT molecular complexity index is 1010. The zero-order valence-electron chi connectivity index (χ0n) is 18.0. The summed E-state index contributed by atoms with van der Waals surface area (Å²) in [5.74, 6) is -0.240. The smallest absolute Gasteiger partial charge is 0.312 e. The van der Waals surface area contributed by atoms with Gasteiger partial charge in [-0.25, -0.2) is 4.59 Å². The number of hydrazone groups is 1. The maximum atomic E-state index is 13.3. The largest absolute Gasteiger partial charge is 1.00 e. The van der Waals surface area contributed by atoms with E-state index in [9.17, 15) is 4.79 Å². The summed E-state index contributed by atoms with van der Waals surface area (Å²) in [4.78, 5) is 13.3. The van der Waals surface area contributed by atoms with Crippen LogP contribution >= 0.6 is 39.1 Å². The molecule has 2 heterocycles. The second-order valence-electron chi connectivity index (χ2n) is 8.56. The molecule has 2 aliphatic rings. The summed E-state index contributed by atoms with van der Waals surface area (Å²) in [5, 5.41) is 7.72. The number of rotatable bonds is 4. The Morgan fingerprint density at radius 1 is 1.12 bits per heavy atom. The monoisotopic (exact) mass is 650 g/mol. The van der Waals surface area contributed by atoms with Gasteiger partial charge in [0.25, 0.3) is 0 Å². The molecule has 0 radical (unpaired) electrons. The molecule has 0 bridgehead atoms. The zero-order valence-corrected chi connectivity index (χ0v) is 23.2. The minimum Gasteiger partial charge on any atom is -1.00 e. The number of hydrogen-bond acceptors (Lipinski definition) is 3. The van der Waals surface area contributed by atoms with Gasteiger partial charge in [0.15, 0.2) is 0 Å². The fourth-order valence-electron chi connectivity index (χ4n) is 4.47. The summed E-state index contributed by atoms with van der Waals surface area (Å²) < 4.78 is 1.55. The third kappa shape index (κ3) is 5.43. The van der Waals surface area contributed by atoms with Crippen LogP contribution in [0.25, 0.3) is 0 Å². The van der Waals surface area contributed by atoms with E-state index in [0.29, 0.717) is 20.3 Å². The molecule has 32 heavy (non-hydrogen) atoms.